The first kappa shape index (κ1) is 9.90. The Balaban J connectivity index is 2.06. The molecule has 0 spiro atoms. The highest BCUT2D eigenvalue weighted by atomic mass is 16.6. The lowest BCUT2D eigenvalue weighted by atomic mass is 9.92. The molecule has 1 saturated heterocycles. The molecule has 2 N–H and O–H groups in total. The molecule has 0 amide bonds. The standard InChI is InChI=1S/C11H16O3/c1-6(2)3-4-7-5-8(12)10-11(14-10)9(7)13/h3,5,8-13H,4H2,1-2H3/t8-,9+,10-,11+/m0/s1. The quantitative estimate of drug-likeness (QED) is 0.506. The number of allylic oxidation sites excluding steroid dienone is 2. The van der Waals surface area contributed by atoms with E-state index in [1.54, 1.807) is 6.08 Å². The zero-order valence-electron chi connectivity index (χ0n) is 8.47. The van der Waals surface area contributed by atoms with E-state index in [-0.39, 0.29) is 12.2 Å². The van der Waals surface area contributed by atoms with Gasteiger partial charge in [-0.15, -0.1) is 0 Å². The van der Waals surface area contributed by atoms with Gasteiger partial charge >= 0.3 is 0 Å². The van der Waals surface area contributed by atoms with E-state index in [1.165, 1.54) is 5.57 Å². The summed E-state index contributed by atoms with van der Waals surface area (Å²) in [5.74, 6) is 0. The van der Waals surface area contributed by atoms with E-state index in [0.717, 1.165) is 5.57 Å². The molecule has 0 unspecified atom stereocenters. The molecule has 0 aromatic carbocycles. The molecule has 1 aliphatic heterocycles. The minimum Gasteiger partial charge on any atom is -0.386 e. The van der Waals surface area contributed by atoms with Crippen molar-refractivity contribution in [2.75, 3.05) is 0 Å². The van der Waals surface area contributed by atoms with Crippen molar-refractivity contribution < 1.29 is 14.9 Å². The van der Waals surface area contributed by atoms with Gasteiger partial charge in [0.15, 0.2) is 0 Å². The highest BCUT2D eigenvalue weighted by Gasteiger charge is 2.52. The molecule has 14 heavy (non-hydrogen) atoms. The molecule has 0 aromatic rings. The van der Waals surface area contributed by atoms with Gasteiger partial charge in [-0.3, -0.25) is 0 Å². The summed E-state index contributed by atoms with van der Waals surface area (Å²) >= 11 is 0. The van der Waals surface area contributed by atoms with E-state index in [1.807, 2.05) is 19.9 Å². The summed E-state index contributed by atoms with van der Waals surface area (Å²) in [5.41, 5.74) is 2.09. The van der Waals surface area contributed by atoms with Crippen LogP contribution in [0.25, 0.3) is 0 Å². The van der Waals surface area contributed by atoms with Crippen molar-refractivity contribution in [1.29, 1.82) is 0 Å². The van der Waals surface area contributed by atoms with Gasteiger partial charge in [0, 0.05) is 0 Å². The second-order valence-electron chi connectivity index (χ2n) is 4.23. The number of hydrogen-bond donors (Lipinski definition) is 2. The number of epoxide rings is 1. The molecule has 1 heterocycles. The third-order valence-electron chi connectivity index (χ3n) is 2.72. The fourth-order valence-electron chi connectivity index (χ4n) is 1.80. The Morgan fingerprint density at radius 2 is 2.14 bits per heavy atom. The highest BCUT2D eigenvalue weighted by molar-refractivity contribution is 5.26. The van der Waals surface area contributed by atoms with Crippen molar-refractivity contribution in [3.05, 3.63) is 23.3 Å². The highest BCUT2D eigenvalue weighted by Crippen LogP contribution is 2.37. The van der Waals surface area contributed by atoms with Crippen LogP contribution in [0.3, 0.4) is 0 Å². The van der Waals surface area contributed by atoms with Crippen molar-refractivity contribution in [3.63, 3.8) is 0 Å². The van der Waals surface area contributed by atoms with Crippen LogP contribution in [0.2, 0.25) is 0 Å². The molecule has 1 aliphatic carbocycles. The molecular formula is C11H16O3. The van der Waals surface area contributed by atoms with Gasteiger partial charge in [-0.05, 0) is 25.8 Å². The summed E-state index contributed by atoms with van der Waals surface area (Å²) in [6, 6.07) is 0. The van der Waals surface area contributed by atoms with Gasteiger partial charge in [0.05, 0.1) is 0 Å². The number of rotatable bonds is 2. The first-order valence-electron chi connectivity index (χ1n) is 4.95. The summed E-state index contributed by atoms with van der Waals surface area (Å²) in [4.78, 5) is 0. The number of hydrogen-bond acceptors (Lipinski definition) is 3. The Morgan fingerprint density at radius 1 is 1.43 bits per heavy atom. The molecule has 2 aliphatic rings. The lowest BCUT2D eigenvalue weighted by Crippen LogP contribution is -2.30. The number of aliphatic hydroxyl groups is 2. The fraction of sp³-hybridized carbons (Fsp3) is 0.636. The lowest BCUT2D eigenvalue weighted by molar-refractivity contribution is 0.161. The molecule has 2 rings (SSSR count). The van der Waals surface area contributed by atoms with Gasteiger partial charge < -0.3 is 14.9 Å². The monoisotopic (exact) mass is 196 g/mol. The molecule has 0 bridgehead atoms. The van der Waals surface area contributed by atoms with Gasteiger partial charge in [-0.1, -0.05) is 17.7 Å². The Labute approximate surface area is 83.7 Å². The third kappa shape index (κ3) is 1.75. The van der Waals surface area contributed by atoms with Crippen molar-refractivity contribution in [1.82, 2.24) is 0 Å². The SMILES string of the molecule is CC(C)=CCC1=C[C@H](O)[C@@H]2O[C@@H]2[C@@H]1O. The fourth-order valence-corrected chi connectivity index (χ4v) is 1.80. The summed E-state index contributed by atoms with van der Waals surface area (Å²) in [6.07, 6.45) is 3.06. The molecule has 0 aromatic heterocycles. The molecule has 4 atom stereocenters. The maximum Gasteiger partial charge on any atom is 0.117 e. The second kappa shape index (κ2) is 3.50. The van der Waals surface area contributed by atoms with Crippen LogP contribution < -0.4 is 0 Å². The van der Waals surface area contributed by atoms with Crippen LogP contribution in [-0.2, 0) is 4.74 Å². The minimum absolute atomic E-state index is 0.166. The van der Waals surface area contributed by atoms with Gasteiger partial charge in [0.25, 0.3) is 0 Å². The Morgan fingerprint density at radius 3 is 2.79 bits per heavy atom. The first-order chi connectivity index (χ1) is 6.59. The van der Waals surface area contributed by atoms with Gasteiger partial charge in [0.2, 0.25) is 0 Å². The van der Waals surface area contributed by atoms with Crippen LogP contribution in [0.4, 0.5) is 0 Å². The van der Waals surface area contributed by atoms with Crippen LogP contribution in [-0.4, -0.2) is 34.6 Å². The maximum absolute atomic E-state index is 9.78. The summed E-state index contributed by atoms with van der Waals surface area (Å²) < 4.78 is 5.17. The maximum atomic E-state index is 9.78. The average molecular weight is 196 g/mol. The Hall–Kier alpha value is -0.640. The number of ether oxygens (including phenoxy) is 1. The first-order valence-corrected chi connectivity index (χ1v) is 4.95. The van der Waals surface area contributed by atoms with Gasteiger partial charge in [-0.2, -0.15) is 0 Å². The third-order valence-corrected chi connectivity index (χ3v) is 2.72. The van der Waals surface area contributed by atoms with Crippen molar-refractivity contribution in [2.45, 2.75) is 44.7 Å². The van der Waals surface area contributed by atoms with Crippen LogP contribution in [0.1, 0.15) is 20.3 Å². The van der Waals surface area contributed by atoms with E-state index in [4.69, 9.17) is 4.74 Å². The summed E-state index contributed by atoms with van der Waals surface area (Å²) in [7, 11) is 0. The van der Waals surface area contributed by atoms with Crippen molar-refractivity contribution in [2.24, 2.45) is 0 Å². The predicted molar refractivity (Wildman–Crippen MR) is 52.8 cm³/mol. The van der Waals surface area contributed by atoms with E-state index in [2.05, 4.69) is 0 Å². The van der Waals surface area contributed by atoms with E-state index >= 15 is 0 Å². The van der Waals surface area contributed by atoms with E-state index < -0.39 is 12.2 Å². The van der Waals surface area contributed by atoms with Crippen molar-refractivity contribution >= 4 is 0 Å². The second-order valence-corrected chi connectivity index (χ2v) is 4.23. The zero-order valence-corrected chi connectivity index (χ0v) is 8.47. The smallest absolute Gasteiger partial charge is 0.117 e. The Kier molecular flexibility index (Phi) is 2.47. The average Bonchev–Trinajstić information content (AvgIpc) is 2.88. The molecular weight excluding hydrogens is 180 g/mol. The van der Waals surface area contributed by atoms with Crippen LogP contribution >= 0.6 is 0 Å². The number of fused-ring (bicyclic) bond motifs is 1. The molecule has 78 valence electrons. The van der Waals surface area contributed by atoms with Crippen molar-refractivity contribution in [3.8, 4) is 0 Å². The zero-order chi connectivity index (χ0) is 10.3. The van der Waals surface area contributed by atoms with Gasteiger partial charge in [0.1, 0.15) is 24.4 Å². The number of aliphatic hydroxyl groups excluding tert-OH is 2. The Bertz CT molecular complexity index is 289. The molecule has 0 radical (unpaired) electrons. The largest absolute Gasteiger partial charge is 0.386 e. The van der Waals surface area contributed by atoms with E-state index in [0.29, 0.717) is 6.42 Å². The molecule has 0 saturated carbocycles. The molecule has 1 fully saturated rings. The van der Waals surface area contributed by atoms with Crippen LogP contribution in [0.5, 0.6) is 0 Å². The lowest BCUT2D eigenvalue weighted by Gasteiger charge is -2.18. The molecule has 3 nitrogen and oxygen atoms in total. The summed E-state index contributed by atoms with van der Waals surface area (Å²) in [6.45, 7) is 4.03. The molecule has 3 heteroatoms. The van der Waals surface area contributed by atoms with Crippen LogP contribution in [0, 0.1) is 0 Å². The van der Waals surface area contributed by atoms with Gasteiger partial charge in [-0.25, -0.2) is 0 Å². The topological polar surface area (TPSA) is 53.0 Å². The minimum atomic E-state index is -0.538. The predicted octanol–water partition coefficient (Wildman–Crippen LogP) is 0.772. The summed E-state index contributed by atoms with van der Waals surface area (Å²) in [5, 5.41) is 19.3. The van der Waals surface area contributed by atoms with E-state index in [9.17, 15) is 10.2 Å². The van der Waals surface area contributed by atoms with Crippen LogP contribution in [0.15, 0.2) is 23.3 Å². The normalized spacial score (nSPS) is 39.9.